The largest absolute Gasteiger partial charge is 0.446 e. The Kier molecular flexibility index (Phi) is 7.29. The molecule has 3 rings (SSSR count). The number of nitrogens with one attached hydrogen (secondary N) is 3. The van der Waals surface area contributed by atoms with Crippen LogP contribution in [-0.4, -0.2) is 39.0 Å². The standard InChI is InChI=1S/C19H18ClF2N5O3S/c1-9-24-15(16(30-9)3-4-31-2)8-23-19(29)14-7-17(27-26-14)25-18(28)10-5-12(21)13(22)6-11(10)20/h5-7H,3-4,8H2,1-2H3,(H,23,29)(H2,25,26,27,28). The lowest BCUT2D eigenvalue weighted by Crippen LogP contribution is -2.24. The maximum Gasteiger partial charge on any atom is 0.272 e. The number of anilines is 1. The normalized spacial score (nSPS) is 10.9. The third-order valence-corrected chi connectivity index (χ3v) is 5.07. The van der Waals surface area contributed by atoms with E-state index in [1.165, 1.54) is 6.07 Å². The highest BCUT2D eigenvalue weighted by Gasteiger charge is 2.18. The zero-order chi connectivity index (χ0) is 22.5. The molecule has 0 aliphatic heterocycles. The molecular weight excluding hydrogens is 452 g/mol. The van der Waals surface area contributed by atoms with Crippen LogP contribution >= 0.6 is 23.4 Å². The van der Waals surface area contributed by atoms with Crippen molar-refractivity contribution >= 4 is 41.0 Å². The second-order valence-electron chi connectivity index (χ2n) is 6.40. The Morgan fingerprint density at radius 1 is 1.23 bits per heavy atom. The monoisotopic (exact) mass is 469 g/mol. The minimum atomic E-state index is -1.21. The molecule has 0 saturated heterocycles. The number of carbonyl (C=O) groups is 2. The molecule has 0 atom stereocenters. The molecule has 0 aliphatic carbocycles. The fourth-order valence-electron chi connectivity index (χ4n) is 2.68. The number of thioether (sulfide) groups is 1. The maximum absolute atomic E-state index is 13.4. The van der Waals surface area contributed by atoms with Gasteiger partial charge in [0.1, 0.15) is 17.3 Å². The molecule has 0 spiro atoms. The minimum Gasteiger partial charge on any atom is -0.446 e. The third kappa shape index (κ3) is 5.61. The van der Waals surface area contributed by atoms with E-state index in [-0.39, 0.29) is 28.6 Å². The molecule has 0 bridgehead atoms. The first-order chi connectivity index (χ1) is 14.8. The number of aromatic amines is 1. The Hall–Kier alpha value is -2.92. The van der Waals surface area contributed by atoms with Crippen molar-refractivity contribution in [2.24, 2.45) is 0 Å². The molecule has 2 heterocycles. The SMILES string of the molecule is CSCCc1oc(C)nc1CNC(=O)c1cc(NC(=O)c2cc(F)c(F)cc2Cl)[nH]n1. The number of aryl methyl sites for hydroxylation is 2. The molecule has 0 unspecified atom stereocenters. The maximum atomic E-state index is 13.4. The molecule has 0 fully saturated rings. The molecule has 3 N–H and O–H groups in total. The lowest BCUT2D eigenvalue weighted by molar-refractivity contribution is 0.0944. The Labute approximate surface area is 185 Å². The summed E-state index contributed by atoms with van der Waals surface area (Å²) in [7, 11) is 0. The molecule has 0 aliphatic rings. The highest BCUT2D eigenvalue weighted by atomic mass is 35.5. The van der Waals surface area contributed by atoms with Gasteiger partial charge >= 0.3 is 0 Å². The topological polar surface area (TPSA) is 113 Å². The number of benzene rings is 1. The molecule has 12 heteroatoms. The number of H-pyrrole nitrogens is 1. The summed E-state index contributed by atoms with van der Waals surface area (Å²) in [5, 5.41) is 11.1. The summed E-state index contributed by atoms with van der Waals surface area (Å²) in [5.74, 6) is -1.50. The lowest BCUT2D eigenvalue weighted by Gasteiger charge is -2.05. The molecule has 2 amide bonds. The van der Waals surface area contributed by atoms with Crippen molar-refractivity contribution in [3.63, 3.8) is 0 Å². The van der Waals surface area contributed by atoms with E-state index in [1.807, 2.05) is 6.26 Å². The highest BCUT2D eigenvalue weighted by molar-refractivity contribution is 7.98. The van der Waals surface area contributed by atoms with Gasteiger partial charge in [0.25, 0.3) is 11.8 Å². The van der Waals surface area contributed by atoms with Gasteiger partial charge < -0.3 is 15.1 Å². The minimum absolute atomic E-state index is 0.0116. The molecule has 31 heavy (non-hydrogen) atoms. The summed E-state index contributed by atoms with van der Waals surface area (Å²) < 4.78 is 32.1. The Bertz CT molecular complexity index is 1120. The summed E-state index contributed by atoms with van der Waals surface area (Å²) in [6.45, 7) is 1.88. The van der Waals surface area contributed by atoms with Gasteiger partial charge in [0, 0.05) is 25.2 Å². The molecule has 164 valence electrons. The molecular formula is C19H18ClF2N5O3S. The van der Waals surface area contributed by atoms with E-state index in [0.29, 0.717) is 35.9 Å². The Balaban J connectivity index is 1.62. The van der Waals surface area contributed by atoms with Crippen LogP contribution in [0.3, 0.4) is 0 Å². The molecule has 0 radical (unpaired) electrons. The number of oxazole rings is 1. The zero-order valence-corrected chi connectivity index (χ0v) is 18.1. The predicted molar refractivity (Wildman–Crippen MR) is 112 cm³/mol. The Morgan fingerprint density at radius 2 is 1.97 bits per heavy atom. The van der Waals surface area contributed by atoms with Crippen LogP contribution in [0, 0.1) is 18.6 Å². The number of hydrogen-bond donors (Lipinski definition) is 3. The van der Waals surface area contributed by atoms with Gasteiger partial charge in [-0.2, -0.15) is 16.9 Å². The lowest BCUT2D eigenvalue weighted by atomic mass is 10.2. The van der Waals surface area contributed by atoms with E-state index in [4.69, 9.17) is 16.0 Å². The van der Waals surface area contributed by atoms with Crippen molar-refractivity contribution in [2.45, 2.75) is 19.9 Å². The van der Waals surface area contributed by atoms with Crippen molar-refractivity contribution in [3.8, 4) is 0 Å². The molecule has 3 aromatic rings. The van der Waals surface area contributed by atoms with E-state index in [1.54, 1.807) is 18.7 Å². The van der Waals surface area contributed by atoms with Gasteiger partial charge in [-0.25, -0.2) is 13.8 Å². The summed E-state index contributed by atoms with van der Waals surface area (Å²) >= 11 is 7.46. The van der Waals surface area contributed by atoms with Crippen LogP contribution in [0.25, 0.3) is 0 Å². The second-order valence-corrected chi connectivity index (χ2v) is 7.79. The van der Waals surface area contributed by atoms with Crippen molar-refractivity contribution in [2.75, 3.05) is 17.3 Å². The van der Waals surface area contributed by atoms with Gasteiger partial charge in [-0.1, -0.05) is 11.6 Å². The Morgan fingerprint density at radius 3 is 2.71 bits per heavy atom. The fraction of sp³-hybridized carbons (Fsp3) is 0.263. The molecule has 0 saturated carbocycles. The van der Waals surface area contributed by atoms with E-state index >= 15 is 0 Å². The smallest absolute Gasteiger partial charge is 0.272 e. The first-order valence-electron chi connectivity index (χ1n) is 9.02. The van der Waals surface area contributed by atoms with Crippen molar-refractivity contribution in [1.29, 1.82) is 0 Å². The number of carbonyl (C=O) groups excluding carboxylic acids is 2. The van der Waals surface area contributed by atoms with E-state index < -0.39 is 23.4 Å². The number of rotatable bonds is 8. The quantitative estimate of drug-likeness (QED) is 0.433. The van der Waals surface area contributed by atoms with Crippen molar-refractivity contribution in [3.05, 3.63) is 63.5 Å². The van der Waals surface area contributed by atoms with Crippen LogP contribution in [0.15, 0.2) is 22.6 Å². The van der Waals surface area contributed by atoms with Gasteiger partial charge in [-0.05, 0) is 18.4 Å². The highest BCUT2D eigenvalue weighted by Crippen LogP contribution is 2.21. The van der Waals surface area contributed by atoms with Gasteiger partial charge in [0.15, 0.2) is 23.2 Å². The zero-order valence-electron chi connectivity index (χ0n) is 16.5. The predicted octanol–water partition coefficient (Wildman–Crippen LogP) is 3.73. The third-order valence-electron chi connectivity index (χ3n) is 4.15. The summed E-state index contributed by atoms with van der Waals surface area (Å²) in [6.07, 6.45) is 2.68. The number of hydrogen-bond acceptors (Lipinski definition) is 6. The molecule has 2 aromatic heterocycles. The van der Waals surface area contributed by atoms with Crippen LogP contribution in [0.4, 0.5) is 14.6 Å². The van der Waals surface area contributed by atoms with Gasteiger partial charge in [-0.3, -0.25) is 14.7 Å². The van der Waals surface area contributed by atoms with Gasteiger partial charge in [0.2, 0.25) is 0 Å². The number of nitrogens with zero attached hydrogens (tertiary/aromatic N) is 2. The van der Waals surface area contributed by atoms with Crippen LogP contribution < -0.4 is 10.6 Å². The molecule has 1 aromatic carbocycles. The van der Waals surface area contributed by atoms with Crippen LogP contribution in [-0.2, 0) is 13.0 Å². The van der Waals surface area contributed by atoms with Crippen LogP contribution in [0.2, 0.25) is 5.02 Å². The van der Waals surface area contributed by atoms with Crippen molar-refractivity contribution in [1.82, 2.24) is 20.5 Å². The summed E-state index contributed by atoms with van der Waals surface area (Å²) in [6, 6.07) is 2.69. The van der Waals surface area contributed by atoms with Gasteiger partial charge in [-0.15, -0.1) is 0 Å². The summed E-state index contributed by atoms with van der Waals surface area (Å²) in [4.78, 5) is 28.9. The van der Waals surface area contributed by atoms with E-state index in [2.05, 4.69) is 25.8 Å². The average molecular weight is 470 g/mol. The van der Waals surface area contributed by atoms with Crippen molar-refractivity contribution < 1.29 is 22.8 Å². The first-order valence-corrected chi connectivity index (χ1v) is 10.8. The van der Waals surface area contributed by atoms with Crippen LogP contribution in [0.5, 0.6) is 0 Å². The molecule has 8 nitrogen and oxygen atoms in total. The van der Waals surface area contributed by atoms with E-state index in [0.717, 1.165) is 5.75 Å². The number of halogens is 3. The average Bonchev–Trinajstić information content (AvgIpc) is 3.33. The fourth-order valence-corrected chi connectivity index (χ4v) is 3.31. The van der Waals surface area contributed by atoms with Crippen LogP contribution in [0.1, 0.15) is 38.2 Å². The summed E-state index contributed by atoms with van der Waals surface area (Å²) in [5.41, 5.74) is 0.384. The van der Waals surface area contributed by atoms with E-state index in [9.17, 15) is 18.4 Å². The van der Waals surface area contributed by atoms with Gasteiger partial charge in [0.05, 0.1) is 17.1 Å². The number of amides is 2. The number of aromatic nitrogens is 3. The second kappa shape index (κ2) is 9.92. The first kappa shape index (κ1) is 22.8.